The van der Waals surface area contributed by atoms with E-state index in [4.69, 9.17) is 9.47 Å². The van der Waals surface area contributed by atoms with Crippen LogP contribution in [0.25, 0.3) is 0 Å². The lowest BCUT2D eigenvalue weighted by Gasteiger charge is -2.55. The zero-order valence-corrected chi connectivity index (χ0v) is 18.0. The van der Waals surface area contributed by atoms with Gasteiger partial charge in [0.25, 0.3) is 11.8 Å². The Labute approximate surface area is 179 Å². The standard InChI is InChI=1S/C18H32N4O4.2ClH/c23-17(19-1-11-25-12-2-19)15-21-5-8-22(9-6-21,10-7-21)16-18(24)20-3-13-26-14-4-20;;/h1-16H2;2*1H/q+2;;/p-2. The second-order valence-electron chi connectivity index (χ2n) is 8.33. The van der Waals surface area contributed by atoms with Gasteiger partial charge in [0, 0.05) is 26.2 Å². The molecule has 0 aromatic heterocycles. The molecule has 5 fully saturated rings. The van der Waals surface area contributed by atoms with Gasteiger partial charge in [0.1, 0.15) is 39.3 Å². The summed E-state index contributed by atoms with van der Waals surface area (Å²) in [4.78, 5) is 29.3. The van der Waals surface area contributed by atoms with Crippen molar-refractivity contribution in [1.29, 1.82) is 0 Å². The van der Waals surface area contributed by atoms with Crippen LogP contribution in [0.1, 0.15) is 0 Å². The fourth-order valence-corrected chi connectivity index (χ4v) is 4.82. The summed E-state index contributed by atoms with van der Waals surface area (Å²) >= 11 is 0. The van der Waals surface area contributed by atoms with E-state index in [2.05, 4.69) is 0 Å². The molecule has 2 bridgehead atoms. The van der Waals surface area contributed by atoms with Crippen molar-refractivity contribution in [3.05, 3.63) is 0 Å². The minimum absolute atomic E-state index is 0. The van der Waals surface area contributed by atoms with Crippen molar-refractivity contribution in [2.24, 2.45) is 0 Å². The van der Waals surface area contributed by atoms with E-state index in [1.54, 1.807) is 0 Å². The first-order valence-corrected chi connectivity index (χ1v) is 10.0. The van der Waals surface area contributed by atoms with Crippen LogP contribution in [0.3, 0.4) is 0 Å². The molecule has 5 heterocycles. The number of nitrogens with zero attached hydrogens (tertiary/aromatic N) is 4. The first-order chi connectivity index (χ1) is 12.6. The highest BCUT2D eigenvalue weighted by atomic mass is 35.5. The number of hydrogen-bond acceptors (Lipinski definition) is 4. The topological polar surface area (TPSA) is 59.1 Å². The van der Waals surface area contributed by atoms with Gasteiger partial charge in [0.05, 0.1) is 26.4 Å². The molecule has 0 aromatic rings. The average Bonchev–Trinajstić information content (AvgIpc) is 2.70. The minimum Gasteiger partial charge on any atom is -1.00 e. The second-order valence-corrected chi connectivity index (χ2v) is 8.33. The molecule has 0 aliphatic carbocycles. The average molecular weight is 439 g/mol. The molecule has 5 aliphatic rings. The molecular formula is C18H32Cl2N4O4. The summed E-state index contributed by atoms with van der Waals surface area (Å²) in [5.41, 5.74) is 0. The fourth-order valence-electron chi connectivity index (χ4n) is 4.82. The molecule has 5 rings (SSSR count). The Kier molecular flexibility index (Phi) is 8.37. The van der Waals surface area contributed by atoms with E-state index in [1.165, 1.54) is 0 Å². The monoisotopic (exact) mass is 438 g/mol. The van der Waals surface area contributed by atoms with Gasteiger partial charge in [-0.15, -0.1) is 0 Å². The highest BCUT2D eigenvalue weighted by molar-refractivity contribution is 5.78. The molecular weight excluding hydrogens is 407 g/mol. The minimum atomic E-state index is 0. The zero-order valence-electron chi connectivity index (χ0n) is 16.5. The van der Waals surface area contributed by atoms with Crippen molar-refractivity contribution >= 4 is 11.8 Å². The molecule has 0 radical (unpaired) electrons. The SMILES string of the molecule is O=C(C[N+]12CC[N+](CC(=O)N3CCOCC3)(CC1)CC2)N1CCOCC1.[Cl-].[Cl-]. The van der Waals surface area contributed by atoms with Crippen LogP contribution in [0.2, 0.25) is 0 Å². The normalized spacial score (nSPS) is 32.3. The third kappa shape index (κ3) is 5.09. The van der Waals surface area contributed by atoms with Crippen molar-refractivity contribution < 1.29 is 52.8 Å². The third-order valence-corrected chi connectivity index (χ3v) is 6.81. The smallest absolute Gasteiger partial charge is 0.278 e. The van der Waals surface area contributed by atoms with Crippen molar-refractivity contribution in [2.45, 2.75) is 0 Å². The van der Waals surface area contributed by atoms with Crippen molar-refractivity contribution in [1.82, 2.24) is 9.80 Å². The Morgan fingerprint density at radius 1 is 0.607 bits per heavy atom. The van der Waals surface area contributed by atoms with Gasteiger partial charge >= 0.3 is 0 Å². The van der Waals surface area contributed by atoms with Crippen LogP contribution in [-0.2, 0) is 19.1 Å². The fraction of sp³-hybridized carbons (Fsp3) is 0.889. The maximum Gasteiger partial charge on any atom is 0.278 e. The van der Waals surface area contributed by atoms with Gasteiger partial charge in [0.15, 0.2) is 13.1 Å². The number of hydrogen-bond donors (Lipinski definition) is 0. The Morgan fingerprint density at radius 3 is 1.18 bits per heavy atom. The van der Waals surface area contributed by atoms with E-state index >= 15 is 0 Å². The lowest BCUT2D eigenvalue weighted by Crippen LogP contribution is -3.00. The van der Waals surface area contributed by atoms with E-state index in [0.717, 1.165) is 74.4 Å². The molecule has 2 amide bonds. The predicted octanol–water partition coefficient (Wildman–Crippen LogP) is -7.63. The molecule has 5 aliphatic heterocycles. The number of carbonyl (C=O) groups excluding carboxylic acids is 2. The summed E-state index contributed by atoms with van der Waals surface area (Å²) in [6, 6.07) is 0. The van der Waals surface area contributed by atoms with Crippen LogP contribution in [-0.4, -0.2) is 136 Å². The molecule has 10 heteroatoms. The summed E-state index contributed by atoms with van der Waals surface area (Å²) in [5, 5.41) is 0. The maximum atomic E-state index is 12.7. The van der Waals surface area contributed by atoms with Crippen molar-refractivity contribution in [3.63, 3.8) is 0 Å². The Bertz CT molecular complexity index is 481. The first-order valence-electron chi connectivity index (χ1n) is 10.0. The van der Waals surface area contributed by atoms with Gasteiger partial charge in [0.2, 0.25) is 0 Å². The quantitative estimate of drug-likeness (QED) is 0.409. The molecule has 0 aromatic carbocycles. The van der Waals surface area contributed by atoms with Crippen LogP contribution in [0.5, 0.6) is 0 Å². The van der Waals surface area contributed by atoms with Crippen LogP contribution >= 0.6 is 0 Å². The Balaban J connectivity index is 0.00000140. The van der Waals surface area contributed by atoms with E-state index in [9.17, 15) is 9.59 Å². The van der Waals surface area contributed by atoms with E-state index in [-0.39, 0.29) is 36.6 Å². The Hall–Kier alpha value is -0.640. The van der Waals surface area contributed by atoms with Gasteiger partial charge in [-0.1, -0.05) is 0 Å². The molecule has 5 saturated heterocycles. The number of amides is 2. The highest BCUT2D eigenvalue weighted by Crippen LogP contribution is 2.27. The molecule has 28 heavy (non-hydrogen) atoms. The molecule has 162 valence electrons. The summed E-state index contributed by atoms with van der Waals surface area (Å²) in [7, 11) is 0. The lowest BCUT2D eigenvalue weighted by atomic mass is 10.1. The summed E-state index contributed by atoms with van der Waals surface area (Å²) in [6.07, 6.45) is 0. The number of morpholine rings is 2. The molecule has 0 spiro atoms. The second kappa shape index (κ2) is 9.91. The van der Waals surface area contributed by atoms with Crippen LogP contribution in [0.15, 0.2) is 0 Å². The van der Waals surface area contributed by atoms with E-state index in [0.29, 0.717) is 39.5 Å². The van der Waals surface area contributed by atoms with Crippen molar-refractivity contribution in [3.8, 4) is 0 Å². The third-order valence-electron chi connectivity index (χ3n) is 6.81. The van der Waals surface area contributed by atoms with Crippen LogP contribution < -0.4 is 24.8 Å². The molecule has 0 N–H and O–H groups in total. The number of carbonyl (C=O) groups is 2. The molecule has 8 nitrogen and oxygen atoms in total. The number of piperazine rings is 3. The zero-order chi connectivity index (χ0) is 18.0. The largest absolute Gasteiger partial charge is 1.00 e. The molecule has 0 saturated carbocycles. The number of rotatable bonds is 4. The van der Waals surface area contributed by atoms with Crippen LogP contribution in [0, 0.1) is 0 Å². The van der Waals surface area contributed by atoms with Gasteiger partial charge in [-0.2, -0.15) is 0 Å². The number of halogens is 2. The summed E-state index contributed by atoms with van der Waals surface area (Å²) < 4.78 is 12.5. The maximum absolute atomic E-state index is 12.7. The van der Waals surface area contributed by atoms with Gasteiger partial charge < -0.3 is 53.1 Å². The number of quaternary nitrogens is 2. The van der Waals surface area contributed by atoms with Gasteiger partial charge in [-0.25, -0.2) is 0 Å². The molecule has 0 unspecified atom stereocenters. The summed E-state index contributed by atoms with van der Waals surface area (Å²) in [5.74, 6) is 0.555. The lowest BCUT2D eigenvalue weighted by molar-refractivity contribution is -1.07. The van der Waals surface area contributed by atoms with E-state index in [1.807, 2.05) is 9.80 Å². The first kappa shape index (κ1) is 23.6. The van der Waals surface area contributed by atoms with Crippen molar-refractivity contribution in [2.75, 3.05) is 105 Å². The summed E-state index contributed by atoms with van der Waals surface area (Å²) in [6.45, 7) is 12.9. The number of fused-ring (bicyclic) bond motifs is 3. The van der Waals surface area contributed by atoms with Gasteiger partial charge in [-0.3, -0.25) is 9.59 Å². The van der Waals surface area contributed by atoms with Crippen LogP contribution in [0.4, 0.5) is 0 Å². The predicted molar refractivity (Wildman–Crippen MR) is 94.3 cm³/mol. The molecule has 0 atom stereocenters. The number of ether oxygens (including phenoxy) is 2. The van der Waals surface area contributed by atoms with E-state index < -0.39 is 0 Å². The Morgan fingerprint density at radius 2 is 0.893 bits per heavy atom. The highest BCUT2D eigenvalue weighted by Gasteiger charge is 2.51. The van der Waals surface area contributed by atoms with Gasteiger partial charge in [-0.05, 0) is 0 Å².